The molecular weight excluding hydrogens is 174 g/mol. The van der Waals surface area contributed by atoms with Crippen LogP contribution in [0.5, 0.6) is 0 Å². The summed E-state index contributed by atoms with van der Waals surface area (Å²) in [6.07, 6.45) is 4.89. The fraction of sp³-hybridized carbons (Fsp3) is 0.909. The average molecular weight is 199 g/mol. The summed E-state index contributed by atoms with van der Waals surface area (Å²) in [5.41, 5.74) is 11.6. The van der Waals surface area contributed by atoms with Gasteiger partial charge >= 0.3 is 0 Å². The molecule has 0 aromatic carbocycles. The second-order valence-corrected chi connectivity index (χ2v) is 5.30. The Morgan fingerprint density at radius 1 is 1.29 bits per heavy atom. The Bertz CT molecular complexity index is 170. The van der Waals surface area contributed by atoms with Crippen LogP contribution < -0.4 is 11.5 Å². The average Bonchev–Trinajstić information content (AvgIpc) is 1.94. The van der Waals surface area contributed by atoms with Crippen LogP contribution >= 0.6 is 0 Å². The second-order valence-electron chi connectivity index (χ2n) is 5.30. The molecule has 0 bridgehead atoms. The fourth-order valence-electron chi connectivity index (χ4n) is 1.61. The molecule has 14 heavy (non-hydrogen) atoms. The first-order chi connectivity index (χ1) is 6.31. The van der Waals surface area contributed by atoms with Crippen molar-refractivity contribution < 1.29 is 0 Å². The molecule has 0 heterocycles. The zero-order valence-electron chi connectivity index (χ0n) is 9.77. The molecule has 0 fully saturated rings. The van der Waals surface area contributed by atoms with E-state index in [2.05, 4.69) is 20.8 Å². The third-order valence-corrected chi connectivity index (χ3v) is 2.15. The van der Waals surface area contributed by atoms with Gasteiger partial charge in [0.2, 0.25) is 0 Å². The van der Waals surface area contributed by atoms with Crippen molar-refractivity contribution in [3.8, 4) is 0 Å². The lowest BCUT2D eigenvalue weighted by Gasteiger charge is -2.22. The largest absolute Gasteiger partial charge is 0.388 e. The molecule has 0 aliphatic heterocycles. The highest BCUT2D eigenvalue weighted by Crippen LogP contribution is 2.21. The molecule has 0 saturated carbocycles. The van der Waals surface area contributed by atoms with E-state index in [4.69, 9.17) is 16.9 Å². The minimum atomic E-state index is 0.286. The van der Waals surface area contributed by atoms with Crippen LogP contribution in [0.1, 0.15) is 52.9 Å². The Hall–Kier alpha value is -0.570. The van der Waals surface area contributed by atoms with E-state index in [0.29, 0.717) is 17.9 Å². The number of nitrogens with two attached hydrogens (primary N) is 2. The van der Waals surface area contributed by atoms with Crippen molar-refractivity contribution in [1.29, 1.82) is 5.41 Å². The Kier molecular flexibility index (Phi) is 5.77. The first-order valence-electron chi connectivity index (χ1n) is 5.40. The van der Waals surface area contributed by atoms with Crippen molar-refractivity contribution in [1.82, 2.24) is 0 Å². The minimum Gasteiger partial charge on any atom is -0.388 e. The summed E-state index contributed by atoms with van der Waals surface area (Å²) in [7, 11) is 0. The van der Waals surface area contributed by atoms with Crippen LogP contribution in [0.25, 0.3) is 0 Å². The normalized spacial score (nSPS) is 14.0. The summed E-state index contributed by atoms with van der Waals surface area (Å²) in [4.78, 5) is 0. The molecule has 0 spiro atoms. The van der Waals surface area contributed by atoms with Gasteiger partial charge in [-0.3, -0.25) is 5.41 Å². The van der Waals surface area contributed by atoms with E-state index in [1.807, 2.05) is 0 Å². The van der Waals surface area contributed by atoms with Gasteiger partial charge in [0.15, 0.2) is 0 Å². The second kappa shape index (κ2) is 6.02. The Morgan fingerprint density at radius 2 is 1.86 bits per heavy atom. The lowest BCUT2D eigenvalue weighted by molar-refractivity contribution is 0.327. The molecule has 3 heteroatoms. The minimum absolute atomic E-state index is 0.286. The van der Waals surface area contributed by atoms with Gasteiger partial charge in [0.05, 0.1) is 5.84 Å². The van der Waals surface area contributed by atoms with Gasteiger partial charge in [-0.15, -0.1) is 0 Å². The van der Waals surface area contributed by atoms with Crippen molar-refractivity contribution in [2.75, 3.05) is 0 Å². The van der Waals surface area contributed by atoms with E-state index >= 15 is 0 Å². The van der Waals surface area contributed by atoms with Gasteiger partial charge in [-0.25, -0.2) is 0 Å². The van der Waals surface area contributed by atoms with Gasteiger partial charge < -0.3 is 11.5 Å². The molecule has 0 aromatic rings. The highest BCUT2D eigenvalue weighted by molar-refractivity contribution is 5.76. The fourth-order valence-corrected chi connectivity index (χ4v) is 1.61. The molecule has 0 radical (unpaired) electrons. The van der Waals surface area contributed by atoms with Crippen molar-refractivity contribution in [2.24, 2.45) is 16.9 Å². The molecule has 0 aromatic heterocycles. The van der Waals surface area contributed by atoms with E-state index in [-0.39, 0.29) is 5.84 Å². The van der Waals surface area contributed by atoms with Crippen LogP contribution in [-0.2, 0) is 0 Å². The van der Waals surface area contributed by atoms with Crippen LogP contribution in [0, 0.1) is 10.8 Å². The van der Waals surface area contributed by atoms with Crippen LogP contribution in [0.3, 0.4) is 0 Å². The third-order valence-electron chi connectivity index (χ3n) is 2.15. The summed E-state index contributed by atoms with van der Waals surface area (Å²) in [6, 6.07) is 0.293. The van der Waals surface area contributed by atoms with E-state index in [0.717, 1.165) is 25.7 Å². The van der Waals surface area contributed by atoms with Gasteiger partial charge in [0, 0.05) is 12.5 Å². The van der Waals surface area contributed by atoms with Gasteiger partial charge in [-0.2, -0.15) is 0 Å². The molecule has 0 unspecified atom stereocenters. The van der Waals surface area contributed by atoms with Crippen molar-refractivity contribution in [3.05, 3.63) is 0 Å². The summed E-state index contributed by atoms with van der Waals surface area (Å²) >= 11 is 0. The Balaban J connectivity index is 3.45. The quantitative estimate of drug-likeness (QED) is 0.348. The number of unbranched alkanes of at least 4 members (excludes halogenated alkanes) is 1. The summed E-state index contributed by atoms with van der Waals surface area (Å²) < 4.78 is 0. The number of hydrogen-bond donors (Lipinski definition) is 3. The van der Waals surface area contributed by atoms with E-state index in [9.17, 15) is 0 Å². The topological polar surface area (TPSA) is 75.9 Å². The zero-order valence-corrected chi connectivity index (χ0v) is 9.77. The molecule has 0 aliphatic rings. The van der Waals surface area contributed by atoms with E-state index < -0.39 is 0 Å². The van der Waals surface area contributed by atoms with Gasteiger partial charge in [-0.1, -0.05) is 27.2 Å². The standard InChI is InChI=1S/C11H25N3/c1-11(2,3)8-9(12)6-4-5-7-10(13)14/h9H,4-8,12H2,1-3H3,(H3,13,14)/t9-/m1/s1. The third kappa shape index (κ3) is 9.52. The van der Waals surface area contributed by atoms with Crippen LogP contribution in [0.2, 0.25) is 0 Å². The van der Waals surface area contributed by atoms with E-state index in [1.165, 1.54) is 0 Å². The Labute approximate surface area is 87.8 Å². The highest BCUT2D eigenvalue weighted by atomic mass is 14.7. The molecule has 0 rings (SSSR count). The molecule has 0 amide bonds. The Morgan fingerprint density at radius 3 is 2.29 bits per heavy atom. The molecule has 3 nitrogen and oxygen atoms in total. The van der Waals surface area contributed by atoms with Gasteiger partial charge in [-0.05, 0) is 24.7 Å². The predicted molar refractivity (Wildman–Crippen MR) is 62.4 cm³/mol. The summed E-state index contributed by atoms with van der Waals surface area (Å²) in [6.45, 7) is 6.63. The molecule has 0 aliphatic carbocycles. The molecule has 5 N–H and O–H groups in total. The van der Waals surface area contributed by atoms with Crippen LogP contribution in [0.4, 0.5) is 0 Å². The van der Waals surface area contributed by atoms with Crippen molar-refractivity contribution in [2.45, 2.75) is 58.9 Å². The monoisotopic (exact) mass is 199 g/mol. The number of rotatable bonds is 6. The lowest BCUT2D eigenvalue weighted by Crippen LogP contribution is -2.26. The highest BCUT2D eigenvalue weighted by Gasteiger charge is 2.14. The zero-order chi connectivity index (χ0) is 11.2. The van der Waals surface area contributed by atoms with Gasteiger partial charge in [0.1, 0.15) is 0 Å². The van der Waals surface area contributed by atoms with Crippen molar-refractivity contribution in [3.63, 3.8) is 0 Å². The summed E-state index contributed by atoms with van der Waals surface area (Å²) in [5, 5.41) is 7.07. The first kappa shape index (κ1) is 13.4. The van der Waals surface area contributed by atoms with Crippen LogP contribution in [0.15, 0.2) is 0 Å². The molecule has 0 saturated heterocycles. The first-order valence-corrected chi connectivity index (χ1v) is 5.40. The molecule has 1 atom stereocenters. The summed E-state index contributed by atoms with van der Waals surface area (Å²) in [5.74, 6) is 0.286. The lowest BCUT2D eigenvalue weighted by atomic mass is 9.87. The maximum atomic E-state index is 7.07. The maximum Gasteiger partial charge on any atom is 0.0905 e. The molecular formula is C11H25N3. The number of amidine groups is 1. The van der Waals surface area contributed by atoms with Gasteiger partial charge in [0.25, 0.3) is 0 Å². The number of nitrogens with one attached hydrogen (secondary N) is 1. The van der Waals surface area contributed by atoms with Crippen molar-refractivity contribution >= 4 is 5.84 Å². The predicted octanol–water partition coefficient (Wildman–Crippen LogP) is 2.25. The smallest absolute Gasteiger partial charge is 0.0905 e. The number of hydrogen-bond acceptors (Lipinski definition) is 2. The maximum absolute atomic E-state index is 7.07. The van der Waals surface area contributed by atoms with E-state index in [1.54, 1.807) is 0 Å². The SMILES string of the molecule is CC(C)(C)C[C@H](N)CCCCC(=N)N. The molecule has 84 valence electrons. The van der Waals surface area contributed by atoms with Crippen LogP contribution in [-0.4, -0.2) is 11.9 Å².